The molecule has 0 aliphatic carbocycles. The highest BCUT2D eigenvalue weighted by molar-refractivity contribution is 5.96. The number of hydrogen-bond donors (Lipinski definition) is 1. The van der Waals surface area contributed by atoms with E-state index in [0.717, 1.165) is 17.5 Å². The van der Waals surface area contributed by atoms with Crippen molar-refractivity contribution in [2.45, 2.75) is 6.42 Å². The zero-order valence-electron chi connectivity index (χ0n) is 11.7. The van der Waals surface area contributed by atoms with Crippen LogP contribution in [0.25, 0.3) is 11.2 Å². The second-order valence-electron chi connectivity index (χ2n) is 4.83. The molecule has 1 N–H and O–H groups in total. The van der Waals surface area contributed by atoms with Crippen molar-refractivity contribution in [1.29, 1.82) is 0 Å². The van der Waals surface area contributed by atoms with E-state index in [1.807, 2.05) is 12.1 Å². The number of amides is 1. The first-order valence-corrected chi connectivity index (χ1v) is 6.67. The Morgan fingerprint density at radius 1 is 1.29 bits per heavy atom. The Bertz CT molecular complexity index is 753. The average Bonchev–Trinajstić information content (AvgIpc) is 3.00. The first-order valence-electron chi connectivity index (χ1n) is 6.67. The van der Waals surface area contributed by atoms with E-state index in [1.165, 1.54) is 0 Å². The third kappa shape index (κ3) is 2.89. The molecule has 3 heterocycles. The number of aromatic nitrogens is 4. The molecule has 3 aromatic heterocycles. The fourth-order valence-corrected chi connectivity index (χ4v) is 2.11. The van der Waals surface area contributed by atoms with Gasteiger partial charge in [0.15, 0.2) is 5.65 Å². The van der Waals surface area contributed by atoms with Gasteiger partial charge in [-0.3, -0.25) is 9.78 Å². The second-order valence-corrected chi connectivity index (χ2v) is 4.83. The van der Waals surface area contributed by atoms with Crippen molar-refractivity contribution in [3.63, 3.8) is 0 Å². The van der Waals surface area contributed by atoms with Crippen LogP contribution in [-0.2, 0) is 6.42 Å². The van der Waals surface area contributed by atoms with E-state index in [9.17, 15) is 4.79 Å². The van der Waals surface area contributed by atoms with E-state index in [0.29, 0.717) is 17.8 Å². The highest BCUT2D eigenvalue weighted by Crippen LogP contribution is 2.10. The van der Waals surface area contributed by atoms with Crippen LogP contribution in [0, 0.1) is 0 Å². The summed E-state index contributed by atoms with van der Waals surface area (Å²) >= 11 is 0. The quantitative estimate of drug-likeness (QED) is 0.789. The summed E-state index contributed by atoms with van der Waals surface area (Å²) in [5.74, 6) is -0.0481. The van der Waals surface area contributed by atoms with Crippen LogP contribution in [0.15, 0.2) is 43.1 Å². The lowest BCUT2D eigenvalue weighted by Crippen LogP contribution is -2.28. The molecule has 106 valence electrons. The van der Waals surface area contributed by atoms with E-state index in [2.05, 4.69) is 19.9 Å². The molecule has 0 spiro atoms. The number of likely N-dealkylation sites (N-methyl/N-ethyl adjacent to an activating group) is 1. The number of H-pyrrole nitrogens is 1. The summed E-state index contributed by atoms with van der Waals surface area (Å²) in [6.07, 6.45) is 7.44. The molecule has 0 saturated carbocycles. The number of fused-ring (bicyclic) bond motifs is 1. The molecule has 6 heteroatoms. The fraction of sp³-hybridized carbons (Fsp3) is 0.200. The van der Waals surface area contributed by atoms with E-state index >= 15 is 0 Å². The third-order valence-corrected chi connectivity index (χ3v) is 3.35. The maximum Gasteiger partial charge on any atom is 0.255 e. The van der Waals surface area contributed by atoms with Gasteiger partial charge in [0.25, 0.3) is 5.91 Å². The Labute approximate surface area is 121 Å². The second kappa shape index (κ2) is 5.70. The smallest absolute Gasteiger partial charge is 0.255 e. The van der Waals surface area contributed by atoms with Crippen LogP contribution in [0.2, 0.25) is 0 Å². The summed E-state index contributed by atoms with van der Waals surface area (Å²) in [6, 6.07) is 5.69. The van der Waals surface area contributed by atoms with Gasteiger partial charge >= 0.3 is 0 Å². The van der Waals surface area contributed by atoms with Gasteiger partial charge in [0.1, 0.15) is 0 Å². The molecule has 21 heavy (non-hydrogen) atoms. The van der Waals surface area contributed by atoms with Gasteiger partial charge in [-0.05, 0) is 30.2 Å². The van der Waals surface area contributed by atoms with Gasteiger partial charge in [-0.1, -0.05) is 0 Å². The summed E-state index contributed by atoms with van der Waals surface area (Å²) < 4.78 is 0. The minimum atomic E-state index is -0.0481. The van der Waals surface area contributed by atoms with Crippen LogP contribution in [0.5, 0.6) is 0 Å². The van der Waals surface area contributed by atoms with Crippen molar-refractivity contribution in [1.82, 2.24) is 24.8 Å². The van der Waals surface area contributed by atoms with Crippen LogP contribution in [0.3, 0.4) is 0 Å². The Kier molecular flexibility index (Phi) is 3.59. The summed E-state index contributed by atoms with van der Waals surface area (Å²) in [6.45, 7) is 0.643. The van der Waals surface area contributed by atoms with E-state index in [4.69, 9.17) is 0 Å². The van der Waals surface area contributed by atoms with Gasteiger partial charge in [-0.15, -0.1) is 0 Å². The molecule has 0 aromatic carbocycles. The number of nitrogens with one attached hydrogen (secondary N) is 1. The first kappa shape index (κ1) is 13.2. The average molecular weight is 281 g/mol. The van der Waals surface area contributed by atoms with E-state index < -0.39 is 0 Å². The van der Waals surface area contributed by atoms with Crippen LogP contribution >= 0.6 is 0 Å². The van der Waals surface area contributed by atoms with Gasteiger partial charge in [0.2, 0.25) is 0 Å². The predicted octanol–water partition coefficient (Wildman–Crippen LogP) is 1.67. The zero-order chi connectivity index (χ0) is 14.7. The van der Waals surface area contributed by atoms with E-state index in [-0.39, 0.29) is 5.91 Å². The largest absolute Gasteiger partial charge is 0.343 e. The minimum Gasteiger partial charge on any atom is -0.343 e. The lowest BCUT2D eigenvalue weighted by atomic mass is 10.2. The number of carbonyl (C=O) groups is 1. The van der Waals surface area contributed by atoms with Gasteiger partial charge in [0, 0.05) is 32.2 Å². The molecule has 0 aliphatic heterocycles. The number of rotatable bonds is 4. The van der Waals surface area contributed by atoms with Crippen LogP contribution in [0.4, 0.5) is 0 Å². The lowest BCUT2D eigenvalue weighted by molar-refractivity contribution is 0.0796. The Morgan fingerprint density at radius 2 is 2.10 bits per heavy atom. The number of pyridine rings is 2. The normalized spacial score (nSPS) is 10.7. The maximum absolute atomic E-state index is 12.4. The van der Waals surface area contributed by atoms with Crippen molar-refractivity contribution in [3.8, 4) is 0 Å². The van der Waals surface area contributed by atoms with Crippen molar-refractivity contribution >= 4 is 17.1 Å². The van der Waals surface area contributed by atoms with Gasteiger partial charge in [-0.2, -0.15) is 0 Å². The Balaban J connectivity index is 1.69. The van der Waals surface area contributed by atoms with Gasteiger partial charge < -0.3 is 9.88 Å². The van der Waals surface area contributed by atoms with Crippen LogP contribution in [0.1, 0.15) is 15.9 Å². The monoisotopic (exact) mass is 281 g/mol. The molecular formula is C15H15N5O. The standard InChI is InChI=1S/C15H15N5O/c1-20(7-4-11-2-5-16-6-3-11)15(21)12-8-13-14(17-9-12)19-10-18-13/h2-3,5-6,8-10H,4,7H2,1H3,(H,17,18,19). The van der Waals surface area contributed by atoms with E-state index in [1.54, 1.807) is 42.9 Å². The molecule has 6 nitrogen and oxygen atoms in total. The number of imidazole rings is 1. The minimum absolute atomic E-state index is 0.0481. The molecule has 0 fully saturated rings. The summed E-state index contributed by atoms with van der Waals surface area (Å²) in [7, 11) is 1.79. The summed E-state index contributed by atoms with van der Waals surface area (Å²) in [5, 5.41) is 0. The van der Waals surface area contributed by atoms with Crippen LogP contribution < -0.4 is 0 Å². The van der Waals surface area contributed by atoms with Gasteiger partial charge in [0.05, 0.1) is 17.4 Å². The van der Waals surface area contributed by atoms with Crippen LogP contribution in [-0.4, -0.2) is 44.3 Å². The molecule has 1 amide bonds. The maximum atomic E-state index is 12.4. The predicted molar refractivity (Wildman–Crippen MR) is 78.8 cm³/mol. The number of carbonyl (C=O) groups excluding carboxylic acids is 1. The molecule has 0 saturated heterocycles. The first-order chi connectivity index (χ1) is 10.2. The fourth-order valence-electron chi connectivity index (χ4n) is 2.11. The molecule has 0 unspecified atom stereocenters. The van der Waals surface area contributed by atoms with Crippen molar-refractivity contribution in [3.05, 3.63) is 54.2 Å². The molecule has 0 bridgehead atoms. The Morgan fingerprint density at radius 3 is 2.90 bits per heavy atom. The highest BCUT2D eigenvalue weighted by atomic mass is 16.2. The zero-order valence-corrected chi connectivity index (χ0v) is 11.7. The SMILES string of the molecule is CN(CCc1ccncc1)C(=O)c1cnc2nc[nH]c2c1. The molecular weight excluding hydrogens is 266 g/mol. The number of nitrogens with zero attached hydrogens (tertiary/aromatic N) is 4. The molecule has 3 rings (SSSR count). The summed E-state index contributed by atoms with van der Waals surface area (Å²) in [5.41, 5.74) is 3.10. The third-order valence-electron chi connectivity index (χ3n) is 3.35. The van der Waals surface area contributed by atoms with Gasteiger partial charge in [-0.25, -0.2) is 9.97 Å². The molecule has 0 atom stereocenters. The topological polar surface area (TPSA) is 74.8 Å². The van der Waals surface area contributed by atoms with Crippen molar-refractivity contribution in [2.24, 2.45) is 0 Å². The lowest BCUT2D eigenvalue weighted by Gasteiger charge is -2.17. The number of hydrogen-bond acceptors (Lipinski definition) is 4. The van der Waals surface area contributed by atoms with Crippen molar-refractivity contribution in [2.75, 3.05) is 13.6 Å². The molecule has 0 aliphatic rings. The molecule has 0 radical (unpaired) electrons. The molecule has 3 aromatic rings. The number of aromatic amines is 1. The van der Waals surface area contributed by atoms with Crippen molar-refractivity contribution < 1.29 is 4.79 Å². The highest BCUT2D eigenvalue weighted by Gasteiger charge is 2.13. The Hall–Kier alpha value is -2.76. The summed E-state index contributed by atoms with van der Waals surface area (Å²) in [4.78, 5) is 29.2.